The highest BCUT2D eigenvalue weighted by molar-refractivity contribution is 5.90. The van der Waals surface area contributed by atoms with Crippen LogP contribution >= 0.6 is 0 Å². The third-order valence-corrected chi connectivity index (χ3v) is 16.8. The fourth-order valence-electron chi connectivity index (χ4n) is 14.1. The van der Waals surface area contributed by atoms with Gasteiger partial charge in [0.15, 0.2) is 34.9 Å². The molecule has 10 nitrogen and oxygen atoms in total. The SMILES string of the molecule is CCCN(CCC)[C@H]1CC[C@]2(O)C3Cc4ccc(O)c5c4[C@]2(CCN3CC2CC2)[C@@H]1O5.O=C1CC[C@]2(O)C3Cc4ccc(O)c5c4[C@]2(CCN3CC2CC2)[C@@H]1O5. The van der Waals surface area contributed by atoms with Gasteiger partial charge in [-0.25, -0.2) is 0 Å². The Labute approximate surface area is 331 Å². The molecule has 302 valence electrons. The summed E-state index contributed by atoms with van der Waals surface area (Å²) in [5, 5.41) is 45.6. The van der Waals surface area contributed by atoms with Gasteiger partial charge in [-0.3, -0.25) is 19.5 Å². The molecule has 0 radical (unpaired) electrons. The van der Waals surface area contributed by atoms with Gasteiger partial charge in [0.25, 0.3) is 0 Å². The zero-order valence-corrected chi connectivity index (χ0v) is 33.3. The van der Waals surface area contributed by atoms with Crippen LogP contribution in [0.5, 0.6) is 23.0 Å². The second kappa shape index (κ2) is 12.6. The van der Waals surface area contributed by atoms with E-state index in [0.29, 0.717) is 30.4 Å². The van der Waals surface area contributed by atoms with E-state index in [9.17, 15) is 25.2 Å². The van der Waals surface area contributed by atoms with Gasteiger partial charge in [0.2, 0.25) is 0 Å². The molecule has 2 saturated heterocycles. The van der Waals surface area contributed by atoms with Crippen LogP contribution in [0.25, 0.3) is 0 Å². The maximum absolute atomic E-state index is 12.7. The standard InChI is InChI=1S/C26H38N2O3.C20H23NO4/c1-3-12-27(13-4-2)19-9-10-26(30)21-15-18-7-8-20(29)23-22(18)25(26,24(19)31-23)11-14-28(21)16-17-5-6-17;22-13-4-3-12-9-15-20(24)6-5-14(23)18-19(20,16(12)17(13)25-18)7-8-21(15)10-11-1-2-11/h7-8,17,19,21,24,29-30H,3-6,9-16H2,1-2H3;3-4,11,15,18,22,24H,1-2,5-10H2/t19-,21?,24+,25+,26-;15?,18-,19-,20+/m01/s1. The van der Waals surface area contributed by atoms with Gasteiger partial charge in [0.05, 0.1) is 22.0 Å². The van der Waals surface area contributed by atoms with Crippen molar-refractivity contribution in [2.24, 2.45) is 11.8 Å². The zero-order valence-electron chi connectivity index (χ0n) is 33.3. The smallest absolute Gasteiger partial charge is 0.174 e. The van der Waals surface area contributed by atoms with Crippen molar-refractivity contribution in [2.45, 2.75) is 156 Å². The number of phenols is 2. The minimum atomic E-state index is -0.940. The third kappa shape index (κ3) is 4.71. The number of benzene rings is 2. The number of hydrogen-bond acceptors (Lipinski definition) is 10. The summed E-state index contributed by atoms with van der Waals surface area (Å²) in [6, 6.07) is 8.08. The molecule has 10 aliphatic rings. The maximum atomic E-state index is 12.7. The van der Waals surface area contributed by atoms with Gasteiger partial charge in [-0.1, -0.05) is 26.0 Å². The summed E-state index contributed by atoms with van der Waals surface area (Å²) < 4.78 is 12.8. The average molecular weight is 768 g/mol. The van der Waals surface area contributed by atoms with Crippen molar-refractivity contribution in [1.29, 1.82) is 0 Å². The summed E-state index contributed by atoms with van der Waals surface area (Å²) >= 11 is 0. The number of nitrogens with zero attached hydrogens (tertiary/aromatic N) is 3. The minimum absolute atomic E-state index is 0.0454. The normalized spacial score (nSPS) is 39.7. The molecule has 10 heteroatoms. The number of carbonyl (C=O) groups is 1. The first-order valence-electron chi connectivity index (χ1n) is 22.3. The first-order chi connectivity index (χ1) is 27.1. The predicted molar refractivity (Wildman–Crippen MR) is 211 cm³/mol. The molecule has 9 atom stereocenters. The lowest BCUT2D eigenvalue weighted by molar-refractivity contribution is -0.200. The van der Waals surface area contributed by atoms with Gasteiger partial charge in [-0.05, 0) is 145 Å². The molecule has 56 heavy (non-hydrogen) atoms. The van der Waals surface area contributed by atoms with Crippen LogP contribution in [0.3, 0.4) is 0 Å². The van der Waals surface area contributed by atoms with Crippen LogP contribution in [0, 0.1) is 11.8 Å². The second-order valence-electron chi connectivity index (χ2n) is 19.6. The summed E-state index contributed by atoms with van der Waals surface area (Å²) in [5.74, 6) is 3.14. The van der Waals surface area contributed by atoms with Crippen LogP contribution in [0.2, 0.25) is 0 Å². The molecule has 2 spiro atoms. The van der Waals surface area contributed by atoms with Crippen molar-refractivity contribution in [3.63, 3.8) is 0 Å². The molecule has 4 bridgehead atoms. The second-order valence-corrected chi connectivity index (χ2v) is 19.6. The topological polar surface area (TPSA) is 126 Å². The van der Waals surface area contributed by atoms with Crippen LogP contribution in [-0.4, -0.2) is 122 Å². The van der Waals surface area contributed by atoms with E-state index in [2.05, 4.69) is 34.6 Å². The molecule has 2 aromatic carbocycles. The van der Waals surface area contributed by atoms with Crippen molar-refractivity contribution in [1.82, 2.24) is 14.7 Å². The van der Waals surface area contributed by atoms with E-state index >= 15 is 0 Å². The molecule has 0 amide bonds. The number of ketones is 1. The van der Waals surface area contributed by atoms with Gasteiger partial charge in [0.1, 0.15) is 6.10 Å². The Bertz CT molecular complexity index is 1940. The predicted octanol–water partition coefficient (Wildman–Crippen LogP) is 4.97. The van der Waals surface area contributed by atoms with Gasteiger partial charge in [0, 0.05) is 48.8 Å². The lowest BCUT2D eigenvalue weighted by Crippen LogP contribution is -2.78. The number of aromatic hydroxyl groups is 2. The number of likely N-dealkylation sites (tertiary alicyclic amines) is 2. The van der Waals surface area contributed by atoms with Crippen LogP contribution in [0.15, 0.2) is 24.3 Å². The van der Waals surface area contributed by atoms with E-state index in [1.54, 1.807) is 6.07 Å². The van der Waals surface area contributed by atoms with Crippen molar-refractivity contribution in [2.75, 3.05) is 39.3 Å². The van der Waals surface area contributed by atoms with Gasteiger partial charge >= 0.3 is 0 Å². The summed E-state index contributed by atoms with van der Waals surface area (Å²) in [4.78, 5) is 20.4. The highest BCUT2D eigenvalue weighted by atomic mass is 16.5. The molecule has 4 heterocycles. The van der Waals surface area contributed by atoms with E-state index in [4.69, 9.17) is 9.47 Å². The molecular weight excluding hydrogens is 707 g/mol. The number of phenolic OH excluding ortho intramolecular Hbond substituents is 2. The first-order valence-corrected chi connectivity index (χ1v) is 22.3. The fourth-order valence-corrected chi connectivity index (χ4v) is 14.1. The van der Waals surface area contributed by atoms with E-state index in [1.807, 2.05) is 12.1 Å². The van der Waals surface area contributed by atoms with E-state index in [-0.39, 0.29) is 40.9 Å². The van der Waals surface area contributed by atoms with Gasteiger partial charge in [-0.2, -0.15) is 0 Å². The van der Waals surface area contributed by atoms with Crippen LogP contribution in [0.4, 0.5) is 0 Å². The number of Topliss-reactive ketones (excluding diaryl/α,β-unsaturated/α-hetero) is 1. The molecule has 4 N–H and O–H groups in total. The summed E-state index contributed by atoms with van der Waals surface area (Å²) in [6.07, 6.45) is 12.8. The Kier molecular flexibility index (Phi) is 8.12. The van der Waals surface area contributed by atoms with Crippen LogP contribution < -0.4 is 9.47 Å². The number of rotatable bonds is 9. The first kappa shape index (κ1) is 36.2. The maximum Gasteiger partial charge on any atom is 0.174 e. The molecule has 2 unspecified atom stereocenters. The molecule has 0 aromatic heterocycles. The Morgan fingerprint density at radius 1 is 0.714 bits per heavy atom. The Morgan fingerprint density at radius 2 is 1.25 bits per heavy atom. The molecule has 6 fully saturated rings. The number of aliphatic hydroxyl groups is 2. The Hall–Kier alpha value is -2.89. The lowest BCUT2D eigenvalue weighted by Gasteiger charge is -2.65. The van der Waals surface area contributed by atoms with Crippen molar-refractivity contribution < 1.29 is 34.7 Å². The highest BCUT2D eigenvalue weighted by Crippen LogP contribution is 2.67. The Balaban J connectivity index is 0.000000132. The number of piperidine rings is 2. The highest BCUT2D eigenvalue weighted by Gasteiger charge is 2.75. The largest absolute Gasteiger partial charge is 0.504 e. The number of ether oxygens (including phenoxy) is 2. The molecule has 6 aliphatic carbocycles. The van der Waals surface area contributed by atoms with Crippen LogP contribution in [0.1, 0.15) is 113 Å². The number of carbonyl (C=O) groups excluding carboxylic acids is 1. The van der Waals surface area contributed by atoms with Gasteiger partial charge in [-0.15, -0.1) is 0 Å². The van der Waals surface area contributed by atoms with Crippen molar-refractivity contribution >= 4 is 5.78 Å². The molecular formula is C46H61N3O7. The zero-order chi connectivity index (χ0) is 38.4. The van der Waals surface area contributed by atoms with E-state index in [0.717, 1.165) is 119 Å². The lowest BCUT2D eigenvalue weighted by atomic mass is 9.48. The third-order valence-electron chi connectivity index (χ3n) is 16.8. The summed E-state index contributed by atoms with van der Waals surface area (Å²) in [7, 11) is 0. The monoisotopic (exact) mass is 767 g/mol. The quantitative estimate of drug-likeness (QED) is 0.278. The molecule has 4 aliphatic heterocycles. The molecule has 12 rings (SSSR count). The van der Waals surface area contributed by atoms with Crippen molar-refractivity contribution in [3.8, 4) is 23.0 Å². The van der Waals surface area contributed by atoms with Crippen LogP contribution in [-0.2, 0) is 28.5 Å². The number of hydrogen-bond donors (Lipinski definition) is 4. The Morgan fingerprint density at radius 3 is 1.82 bits per heavy atom. The van der Waals surface area contributed by atoms with E-state index in [1.165, 1.54) is 31.2 Å². The summed E-state index contributed by atoms with van der Waals surface area (Å²) in [5.41, 5.74) is 1.75. The minimum Gasteiger partial charge on any atom is -0.504 e. The molecule has 2 aromatic rings. The fraction of sp³-hybridized carbons (Fsp3) is 0.717. The van der Waals surface area contributed by atoms with Gasteiger partial charge < -0.3 is 29.9 Å². The summed E-state index contributed by atoms with van der Waals surface area (Å²) in [6.45, 7) is 10.8. The van der Waals surface area contributed by atoms with E-state index < -0.39 is 22.7 Å². The average Bonchev–Trinajstić information content (AvgIpc) is 4.11. The molecule has 4 saturated carbocycles. The van der Waals surface area contributed by atoms with Crippen molar-refractivity contribution in [3.05, 3.63) is 46.5 Å².